The molecule has 2 nitrogen and oxygen atoms in total. The quantitative estimate of drug-likeness (QED) is 0.893. The number of anilines is 1. The van der Waals surface area contributed by atoms with Gasteiger partial charge in [0.05, 0.1) is 9.50 Å². The zero-order valence-corrected chi connectivity index (χ0v) is 11.5. The number of nitrogens with zero attached hydrogens (tertiary/aromatic N) is 1. The van der Waals surface area contributed by atoms with Gasteiger partial charge in [0.15, 0.2) is 0 Å². The molecule has 1 aliphatic carbocycles. The van der Waals surface area contributed by atoms with Crippen molar-refractivity contribution in [2.45, 2.75) is 31.6 Å². The van der Waals surface area contributed by atoms with E-state index in [0.29, 0.717) is 5.41 Å². The molecule has 1 aliphatic heterocycles. The number of hydrogen-bond acceptors (Lipinski definition) is 2. The van der Waals surface area contributed by atoms with Gasteiger partial charge < -0.3 is 5.32 Å². The van der Waals surface area contributed by atoms with Crippen LogP contribution in [0.15, 0.2) is 10.7 Å². The number of hydrogen-bond donors (Lipinski definition) is 1. The van der Waals surface area contributed by atoms with Gasteiger partial charge in [0.25, 0.3) is 0 Å². The summed E-state index contributed by atoms with van der Waals surface area (Å²) < 4.78 is 0.915. The van der Waals surface area contributed by atoms with Crippen molar-refractivity contribution in [2.24, 2.45) is 5.92 Å². The molecule has 1 aromatic rings. The maximum absolute atomic E-state index is 6.40. The lowest BCUT2D eigenvalue weighted by atomic mass is 9.95. The third kappa shape index (κ3) is 1.34. The SMILES string of the molecule is CCC[C@H]1C[C@@]12CNc1ncc(Br)c(Cl)c12. The molecule has 1 spiro atoms. The zero-order chi connectivity index (χ0) is 11.3. The number of fused-ring (bicyclic) bond motifs is 2. The Labute approximate surface area is 109 Å². The summed E-state index contributed by atoms with van der Waals surface area (Å²) in [6, 6.07) is 0. The Balaban J connectivity index is 2.03. The van der Waals surface area contributed by atoms with E-state index in [1.807, 2.05) is 0 Å². The van der Waals surface area contributed by atoms with Crippen molar-refractivity contribution in [3.63, 3.8) is 0 Å². The van der Waals surface area contributed by atoms with Crippen LogP contribution >= 0.6 is 27.5 Å². The van der Waals surface area contributed by atoms with Crippen LogP contribution < -0.4 is 5.32 Å². The molecule has 2 aliphatic rings. The van der Waals surface area contributed by atoms with Crippen LogP contribution in [0.1, 0.15) is 31.7 Å². The van der Waals surface area contributed by atoms with Gasteiger partial charge in [-0.15, -0.1) is 0 Å². The van der Waals surface area contributed by atoms with Gasteiger partial charge in [0.1, 0.15) is 5.82 Å². The predicted octanol–water partition coefficient (Wildman–Crippen LogP) is 3.98. The molecule has 0 amide bonds. The van der Waals surface area contributed by atoms with Crippen LogP contribution in [-0.4, -0.2) is 11.5 Å². The smallest absolute Gasteiger partial charge is 0.131 e. The first-order valence-corrected chi connectivity index (χ1v) is 6.94. The Hall–Kier alpha value is -0.280. The van der Waals surface area contributed by atoms with E-state index in [0.717, 1.165) is 27.8 Å². The highest BCUT2D eigenvalue weighted by atomic mass is 79.9. The molecule has 4 heteroatoms. The maximum Gasteiger partial charge on any atom is 0.131 e. The minimum Gasteiger partial charge on any atom is -0.369 e. The first kappa shape index (κ1) is 10.8. The fraction of sp³-hybridized carbons (Fsp3) is 0.583. The van der Waals surface area contributed by atoms with Gasteiger partial charge in [-0.1, -0.05) is 24.9 Å². The summed E-state index contributed by atoms with van der Waals surface area (Å²) in [6.45, 7) is 3.26. The molecule has 86 valence electrons. The zero-order valence-electron chi connectivity index (χ0n) is 9.19. The van der Waals surface area contributed by atoms with E-state index in [9.17, 15) is 0 Å². The number of halogens is 2. The van der Waals surface area contributed by atoms with Crippen LogP contribution in [0.4, 0.5) is 5.82 Å². The molecule has 1 aromatic heterocycles. The summed E-state index contributed by atoms with van der Waals surface area (Å²) in [5, 5.41) is 4.25. The van der Waals surface area contributed by atoms with E-state index < -0.39 is 0 Å². The largest absolute Gasteiger partial charge is 0.369 e. The lowest BCUT2D eigenvalue weighted by Gasteiger charge is -2.11. The molecule has 1 saturated carbocycles. The van der Waals surface area contributed by atoms with Gasteiger partial charge >= 0.3 is 0 Å². The number of pyridine rings is 1. The minimum atomic E-state index is 0.291. The highest BCUT2D eigenvalue weighted by Gasteiger charge is 2.59. The highest BCUT2D eigenvalue weighted by Crippen LogP contribution is 2.62. The van der Waals surface area contributed by atoms with E-state index in [-0.39, 0.29) is 0 Å². The van der Waals surface area contributed by atoms with Gasteiger partial charge in [0, 0.05) is 23.7 Å². The van der Waals surface area contributed by atoms with Crippen LogP contribution in [0.25, 0.3) is 0 Å². The van der Waals surface area contributed by atoms with E-state index >= 15 is 0 Å². The van der Waals surface area contributed by atoms with Crippen LogP contribution in [0.3, 0.4) is 0 Å². The van der Waals surface area contributed by atoms with Gasteiger partial charge in [-0.2, -0.15) is 0 Å². The summed E-state index contributed by atoms with van der Waals surface area (Å²) in [5.41, 5.74) is 1.54. The fourth-order valence-corrected chi connectivity index (χ4v) is 3.64. The molecule has 0 saturated heterocycles. The standard InChI is InChI=1S/C12H14BrClN2/c1-2-3-7-4-12(7)6-16-11-9(12)10(14)8(13)5-15-11/h5,7H,2-4,6H2,1H3,(H,15,16)/t7-,12+/m0/s1. The molecule has 3 rings (SSSR count). The molecule has 1 fully saturated rings. The van der Waals surface area contributed by atoms with Crippen molar-refractivity contribution in [2.75, 3.05) is 11.9 Å². The lowest BCUT2D eigenvalue weighted by molar-refractivity contribution is 0.601. The Bertz CT molecular complexity index is 449. The Morgan fingerprint density at radius 2 is 2.50 bits per heavy atom. The van der Waals surface area contributed by atoms with Gasteiger partial charge in [-0.3, -0.25) is 0 Å². The molecule has 0 aromatic carbocycles. The normalized spacial score (nSPS) is 30.3. The average molecular weight is 302 g/mol. The van der Waals surface area contributed by atoms with Gasteiger partial charge in [-0.25, -0.2) is 4.98 Å². The van der Waals surface area contributed by atoms with E-state index in [2.05, 4.69) is 33.2 Å². The third-order valence-corrected chi connectivity index (χ3v) is 5.13. The second-order valence-corrected chi connectivity index (χ2v) is 6.08. The lowest BCUT2D eigenvalue weighted by Crippen LogP contribution is -2.13. The Morgan fingerprint density at radius 3 is 3.25 bits per heavy atom. The topological polar surface area (TPSA) is 24.9 Å². The number of nitrogens with one attached hydrogen (secondary N) is 1. The van der Waals surface area contributed by atoms with Gasteiger partial charge in [-0.05, 0) is 34.7 Å². The van der Waals surface area contributed by atoms with Gasteiger partial charge in [0.2, 0.25) is 0 Å². The predicted molar refractivity (Wildman–Crippen MR) is 70.1 cm³/mol. The van der Waals surface area contributed by atoms with E-state index in [1.165, 1.54) is 24.8 Å². The molecular formula is C12H14BrClN2. The summed E-state index contributed by atoms with van der Waals surface area (Å²) in [6.07, 6.45) is 5.59. The van der Waals surface area contributed by atoms with Crippen molar-refractivity contribution >= 4 is 33.3 Å². The molecule has 2 atom stereocenters. The summed E-state index contributed by atoms with van der Waals surface area (Å²) in [7, 11) is 0. The minimum absolute atomic E-state index is 0.291. The first-order chi connectivity index (χ1) is 7.69. The number of aromatic nitrogens is 1. The first-order valence-electron chi connectivity index (χ1n) is 5.77. The molecular weight excluding hydrogens is 288 g/mol. The molecule has 0 bridgehead atoms. The molecule has 2 heterocycles. The van der Waals surface area contributed by atoms with Crippen molar-refractivity contribution in [1.29, 1.82) is 0 Å². The van der Waals surface area contributed by atoms with Crippen molar-refractivity contribution in [3.05, 3.63) is 21.3 Å². The summed E-state index contributed by atoms with van der Waals surface area (Å²) in [4.78, 5) is 4.41. The molecule has 0 unspecified atom stereocenters. The number of rotatable bonds is 2. The van der Waals surface area contributed by atoms with Crippen LogP contribution in [-0.2, 0) is 5.41 Å². The van der Waals surface area contributed by atoms with Crippen molar-refractivity contribution in [1.82, 2.24) is 4.98 Å². The van der Waals surface area contributed by atoms with Crippen LogP contribution in [0.5, 0.6) is 0 Å². The van der Waals surface area contributed by atoms with Crippen LogP contribution in [0.2, 0.25) is 5.02 Å². The van der Waals surface area contributed by atoms with Crippen molar-refractivity contribution in [3.8, 4) is 0 Å². The van der Waals surface area contributed by atoms with E-state index in [1.54, 1.807) is 6.20 Å². The van der Waals surface area contributed by atoms with Crippen LogP contribution in [0, 0.1) is 5.92 Å². The summed E-state index contributed by atoms with van der Waals surface area (Å²) in [5.74, 6) is 1.78. The third-order valence-electron chi connectivity index (χ3n) is 3.91. The average Bonchev–Trinajstić information content (AvgIpc) is 2.81. The molecule has 0 radical (unpaired) electrons. The molecule has 1 N–H and O–H groups in total. The maximum atomic E-state index is 6.40. The Morgan fingerprint density at radius 1 is 1.69 bits per heavy atom. The second kappa shape index (κ2) is 3.61. The monoisotopic (exact) mass is 300 g/mol. The second-order valence-electron chi connectivity index (χ2n) is 4.84. The van der Waals surface area contributed by atoms with E-state index in [4.69, 9.17) is 11.6 Å². The summed E-state index contributed by atoms with van der Waals surface area (Å²) >= 11 is 9.87. The molecule has 16 heavy (non-hydrogen) atoms. The Kier molecular flexibility index (Phi) is 2.44. The fourth-order valence-electron chi connectivity index (χ4n) is 3.01. The highest BCUT2D eigenvalue weighted by molar-refractivity contribution is 9.10. The van der Waals surface area contributed by atoms with Crippen molar-refractivity contribution < 1.29 is 0 Å².